The topological polar surface area (TPSA) is 61.4 Å². The number of likely N-dealkylation sites (N-methyl/N-ethyl adjacent to an activating group) is 1. The van der Waals surface area contributed by atoms with Gasteiger partial charge in [-0.3, -0.25) is 9.59 Å². The molecule has 1 fully saturated rings. The first-order valence-electron chi connectivity index (χ1n) is 5.59. The highest BCUT2D eigenvalue weighted by Gasteiger charge is 2.27. The molecule has 0 spiro atoms. The van der Waals surface area contributed by atoms with E-state index in [-0.39, 0.29) is 18.5 Å². The van der Waals surface area contributed by atoms with Crippen LogP contribution >= 0.6 is 0 Å². The summed E-state index contributed by atoms with van der Waals surface area (Å²) < 4.78 is 35.5. The van der Waals surface area contributed by atoms with Crippen molar-refractivity contribution >= 4 is 11.8 Å². The molecule has 1 aliphatic heterocycles. The quantitative estimate of drug-likeness (QED) is 0.746. The Labute approximate surface area is 103 Å². The highest BCUT2D eigenvalue weighted by atomic mass is 19.4. The molecular weight excluding hydrogens is 251 g/mol. The number of carbonyl (C=O) groups is 2. The van der Waals surface area contributed by atoms with Crippen LogP contribution in [0.4, 0.5) is 13.2 Å². The van der Waals surface area contributed by atoms with Crippen molar-refractivity contribution in [2.24, 2.45) is 0 Å². The van der Waals surface area contributed by atoms with Gasteiger partial charge in [-0.1, -0.05) is 0 Å². The van der Waals surface area contributed by atoms with Crippen molar-refractivity contribution in [3.05, 3.63) is 0 Å². The lowest BCUT2D eigenvalue weighted by Gasteiger charge is -2.30. The number of piperidine rings is 1. The van der Waals surface area contributed by atoms with E-state index >= 15 is 0 Å². The Bertz CT molecular complexity index is 320. The Hall–Kier alpha value is -1.31. The van der Waals surface area contributed by atoms with Crippen LogP contribution in [0.25, 0.3) is 0 Å². The summed E-state index contributed by atoms with van der Waals surface area (Å²) in [5, 5.41) is 4.61. The van der Waals surface area contributed by atoms with Gasteiger partial charge in [0.05, 0.1) is 13.1 Å². The van der Waals surface area contributed by atoms with E-state index in [4.69, 9.17) is 0 Å². The van der Waals surface area contributed by atoms with Gasteiger partial charge in [-0.25, -0.2) is 0 Å². The molecule has 0 aromatic rings. The van der Waals surface area contributed by atoms with Gasteiger partial charge in [0.1, 0.15) is 0 Å². The predicted molar refractivity (Wildman–Crippen MR) is 57.7 cm³/mol. The van der Waals surface area contributed by atoms with E-state index in [0.717, 1.165) is 0 Å². The van der Waals surface area contributed by atoms with Crippen molar-refractivity contribution < 1.29 is 22.8 Å². The number of nitrogens with zero attached hydrogens (tertiary/aromatic N) is 1. The molecule has 1 rings (SSSR count). The van der Waals surface area contributed by atoms with E-state index < -0.39 is 18.6 Å². The fraction of sp³-hybridized carbons (Fsp3) is 0.800. The Kier molecular flexibility index (Phi) is 4.94. The second kappa shape index (κ2) is 6.03. The lowest BCUT2D eigenvalue weighted by Crippen LogP contribution is -2.50. The number of hydrogen-bond acceptors (Lipinski definition) is 3. The lowest BCUT2D eigenvalue weighted by molar-refractivity contribution is -0.134. The maximum absolute atomic E-state index is 11.8. The van der Waals surface area contributed by atoms with Crippen LogP contribution in [0.2, 0.25) is 0 Å². The van der Waals surface area contributed by atoms with Crippen LogP contribution in [0.15, 0.2) is 0 Å². The van der Waals surface area contributed by atoms with Crippen molar-refractivity contribution in [2.45, 2.75) is 25.1 Å². The van der Waals surface area contributed by atoms with Gasteiger partial charge in [0, 0.05) is 26.1 Å². The number of hydrogen-bond donors (Lipinski definition) is 2. The molecule has 2 amide bonds. The molecule has 0 aromatic carbocycles. The average Bonchev–Trinajstić information content (AvgIpc) is 2.21. The molecule has 2 N–H and O–H groups in total. The smallest absolute Gasteiger partial charge is 0.350 e. The first kappa shape index (κ1) is 14.7. The van der Waals surface area contributed by atoms with Gasteiger partial charge in [-0.15, -0.1) is 0 Å². The van der Waals surface area contributed by atoms with Crippen molar-refractivity contribution in [3.8, 4) is 0 Å². The van der Waals surface area contributed by atoms with Crippen LogP contribution in [0.5, 0.6) is 0 Å². The van der Waals surface area contributed by atoms with Crippen LogP contribution in [0.3, 0.4) is 0 Å². The second-order valence-electron chi connectivity index (χ2n) is 4.30. The molecule has 0 radical (unpaired) electrons. The summed E-state index contributed by atoms with van der Waals surface area (Å²) >= 11 is 0. The van der Waals surface area contributed by atoms with Crippen LogP contribution in [0, 0.1) is 0 Å². The molecule has 1 unspecified atom stereocenters. The van der Waals surface area contributed by atoms with Gasteiger partial charge < -0.3 is 15.5 Å². The number of nitrogens with one attached hydrogen (secondary N) is 2. The maximum atomic E-state index is 11.8. The normalized spacial score (nSPS) is 21.0. The van der Waals surface area contributed by atoms with Gasteiger partial charge in [-0.05, 0) is 6.42 Å². The molecule has 0 aliphatic carbocycles. The summed E-state index contributed by atoms with van der Waals surface area (Å²) in [6.07, 6.45) is -3.45. The fourth-order valence-corrected chi connectivity index (χ4v) is 1.73. The summed E-state index contributed by atoms with van der Waals surface area (Å²) in [5.41, 5.74) is 0. The number of carbonyl (C=O) groups excluding carboxylic acids is 2. The van der Waals surface area contributed by atoms with Gasteiger partial charge in [0.2, 0.25) is 11.8 Å². The summed E-state index contributed by atoms with van der Waals surface area (Å²) in [7, 11) is 1.63. The molecule has 0 bridgehead atoms. The van der Waals surface area contributed by atoms with Gasteiger partial charge in [0.25, 0.3) is 0 Å². The number of rotatable bonds is 4. The monoisotopic (exact) mass is 267 g/mol. The van der Waals surface area contributed by atoms with Crippen molar-refractivity contribution in [1.29, 1.82) is 0 Å². The Morgan fingerprint density at radius 3 is 2.72 bits per heavy atom. The number of amides is 2. The van der Waals surface area contributed by atoms with Crippen molar-refractivity contribution in [3.63, 3.8) is 0 Å². The molecule has 5 nitrogen and oxygen atoms in total. The highest BCUT2D eigenvalue weighted by Crippen LogP contribution is 2.12. The first-order chi connectivity index (χ1) is 8.28. The molecule has 0 saturated carbocycles. The third-order valence-corrected chi connectivity index (χ3v) is 2.60. The first-order valence-corrected chi connectivity index (χ1v) is 5.59. The summed E-state index contributed by atoms with van der Waals surface area (Å²) in [6.45, 7) is -1.18. The molecule has 0 aromatic heterocycles. The fourth-order valence-electron chi connectivity index (χ4n) is 1.73. The third kappa shape index (κ3) is 5.35. The van der Waals surface area contributed by atoms with Crippen LogP contribution in [-0.2, 0) is 9.59 Å². The molecule has 1 aliphatic rings. The number of halogens is 3. The van der Waals surface area contributed by atoms with E-state index in [9.17, 15) is 22.8 Å². The third-order valence-electron chi connectivity index (χ3n) is 2.60. The zero-order valence-electron chi connectivity index (χ0n) is 10.0. The van der Waals surface area contributed by atoms with E-state index in [1.807, 2.05) is 5.32 Å². The van der Waals surface area contributed by atoms with Crippen LogP contribution in [-0.4, -0.2) is 55.6 Å². The SMILES string of the molecule is CN1CC(NC(=O)CNCC(F)(F)F)CCC1=O. The average molecular weight is 267 g/mol. The Morgan fingerprint density at radius 1 is 1.50 bits per heavy atom. The molecule has 1 atom stereocenters. The zero-order chi connectivity index (χ0) is 13.8. The maximum Gasteiger partial charge on any atom is 0.401 e. The van der Waals surface area contributed by atoms with Gasteiger partial charge >= 0.3 is 6.18 Å². The minimum Gasteiger partial charge on any atom is -0.350 e. The summed E-state index contributed by atoms with van der Waals surface area (Å²) in [6, 6.07) is -0.187. The Morgan fingerprint density at radius 2 is 2.17 bits per heavy atom. The van der Waals surface area contributed by atoms with Crippen molar-refractivity contribution in [1.82, 2.24) is 15.5 Å². The largest absolute Gasteiger partial charge is 0.401 e. The highest BCUT2D eigenvalue weighted by molar-refractivity contribution is 5.80. The zero-order valence-corrected chi connectivity index (χ0v) is 10.0. The molecule has 104 valence electrons. The van der Waals surface area contributed by atoms with Crippen molar-refractivity contribution in [2.75, 3.05) is 26.7 Å². The number of likely N-dealkylation sites (tertiary alicyclic amines) is 1. The predicted octanol–water partition coefficient (Wildman–Crippen LogP) is -0.125. The van der Waals surface area contributed by atoms with E-state index in [0.29, 0.717) is 19.4 Å². The molecular formula is C10H16F3N3O2. The summed E-state index contributed by atoms with van der Waals surface area (Å²) in [5.74, 6) is -0.484. The van der Waals surface area contributed by atoms with Gasteiger partial charge in [0.15, 0.2) is 0 Å². The Balaban J connectivity index is 2.22. The molecule has 1 heterocycles. The lowest BCUT2D eigenvalue weighted by atomic mass is 10.1. The molecule has 1 saturated heterocycles. The summed E-state index contributed by atoms with van der Waals surface area (Å²) in [4.78, 5) is 24.0. The second-order valence-corrected chi connectivity index (χ2v) is 4.30. The molecule has 18 heavy (non-hydrogen) atoms. The van der Waals surface area contributed by atoms with Crippen LogP contribution in [0.1, 0.15) is 12.8 Å². The standard InChI is InChI=1S/C10H16F3N3O2/c1-16-5-7(2-3-9(16)18)15-8(17)4-14-6-10(11,12)13/h7,14H,2-6H2,1H3,(H,15,17). The van der Waals surface area contributed by atoms with Gasteiger partial charge in [-0.2, -0.15) is 13.2 Å². The minimum absolute atomic E-state index is 0.00990. The number of alkyl halides is 3. The van der Waals surface area contributed by atoms with E-state index in [1.54, 1.807) is 7.05 Å². The molecule has 8 heteroatoms. The minimum atomic E-state index is -4.32. The van der Waals surface area contributed by atoms with E-state index in [1.165, 1.54) is 4.90 Å². The van der Waals surface area contributed by atoms with Crippen LogP contribution < -0.4 is 10.6 Å². The van der Waals surface area contributed by atoms with E-state index in [2.05, 4.69) is 5.32 Å².